The fourth-order valence-electron chi connectivity index (χ4n) is 1.66. The summed E-state index contributed by atoms with van der Waals surface area (Å²) in [5, 5.41) is 12.2. The summed E-state index contributed by atoms with van der Waals surface area (Å²) < 4.78 is 13.4. The van der Waals surface area contributed by atoms with Crippen LogP contribution in [0, 0.1) is 5.82 Å². The quantitative estimate of drug-likeness (QED) is 0.799. The normalized spacial score (nSPS) is 17.1. The highest BCUT2D eigenvalue weighted by atomic mass is 19.1. The third kappa shape index (κ3) is 2.58. The van der Waals surface area contributed by atoms with Crippen LogP contribution in [-0.4, -0.2) is 23.7 Å². The Hall–Kier alpha value is -1.42. The van der Waals surface area contributed by atoms with Gasteiger partial charge in [-0.1, -0.05) is 18.2 Å². The van der Waals surface area contributed by atoms with Crippen LogP contribution in [0.1, 0.15) is 24.3 Å². The maximum Gasteiger partial charge on any atom is 0.312 e. The fourth-order valence-corrected chi connectivity index (χ4v) is 1.66. The van der Waals surface area contributed by atoms with Gasteiger partial charge in [0.1, 0.15) is 5.82 Å². The summed E-state index contributed by atoms with van der Waals surface area (Å²) in [6, 6.07) is 6.47. The number of carboxylic acid groups (broad SMARTS) is 1. The van der Waals surface area contributed by atoms with E-state index in [1.54, 1.807) is 12.1 Å². The molecule has 1 saturated carbocycles. The van der Waals surface area contributed by atoms with Gasteiger partial charge >= 0.3 is 5.97 Å². The zero-order valence-electron chi connectivity index (χ0n) is 8.82. The van der Waals surface area contributed by atoms with E-state index in [1.165, 1.54) is 12.1 Å². The van der Waals surface area contributed by atoms with Gasteiger partial charge in [-0.3, -0.25) is 4.79 Å². The Kier molecular flexibility index (Phi) is 3.19. The van der Waals surface area contributed by atoms with Gasteiger partial charge in [-0.15, -0.1) is 0 Å². The molecule has 86 valence electrons. The van der Waals surface area contributed by atoms with E-state index in [0.29, 0.717) is 12.6 Å². The van der Waals surface area contributed by atoms with Crippen LogP contribution in [0.2, 0.25) is 0 Å². The van der Waals surface area contributed by atoms with E-state index in [2.05, 4.69) is 5.32 Å². The van der Waals surface area contributed by atoms with Gasteiger partial charge < -0.3 is 10.4 Å². The number of halogens is 1. The van der Waals surface area contributed by atoms with Crippen LogP contribution in [0.15, 0.2) is 24.3 Å². The molecule has 16 heavy (non-hydrogen) atoms. The molecule has 0 spiro atoms. The molecule has 2 rings (SSSR count). The Labute approximate surface area is 93.3 Å². The van der Waals surface area contributed by atoms with Crippen molar-refractivity contribution in [3.05, 3.63) is 35.6 Å². The molecule has 0 bridgehead atoms. The zero-order valence-corrected chi connectivity index (χ0v) is 8.82. The number of hydrogen-bond donors (Lipinski definition) is 2. The molecule has 3 nitrogen and oxygen atoms in total. The minimum absolute atomic E-state index is 0.253. The zero-order chi connectivity index (χ0) is 11.5. The van der Waals surface area contributed by atoms with Crippen LogP contribution < -0.4 is 5.32 Å². The van der Waals surface area contributed by atoms with Crippen molar-refractivity contribution in [1.29, 1.82) is 0 Å². The van der Waals surface area contributed by atoms with Crippen LogP contribution in [0.4, 0.5) is 4.39 Å². The van der Waals surface area contributed by atoms with Gasteiger partial charge in [-0.2, -0.15) is 0 Å². The monoisotopic (exact) mass is 223 g/mol. The predicted octanol–water partition coefficient (Wildman–Crippen LogP) is 1.75. The van der Waals surface area contributed by atoms with Gasteiger partial charge in [0.25, 0.3) is 0 Å². The molecular weight excluding hydrogens is 209 g/mol. The Morgan fingerprint density at radius 2 is 2.19 bits per heavy atom. The second kappa shape index (κ2) is 4.61. The average Bonchev–Trinajstić information content (AvgIpc) is 3.04. The summed E-state index contributed by atoms with van der Waals surface area (Å²) in [7, 11) is 0. The van der Waals surface area contributed by atoms with Crippen LogP contribution in [-0.2, 0) is 4.79 Å². The predicted molar refractivity (Wildman–Crippen MR) is 57.8 cm³/mol. The second-order valence-corrected chi connectivity index (χ2v) is 4.09. The Morgan fingerprint density at radius 1 is 1.50 bits per heavy atom. The summed E-state index contributed by atoms with van der Waals surface area (Å²) in [6.45, 7) is 0.293. The summed E-state index contributed by atoms with van der Waals surface area (Å²) in [5.41, 5.74) is 0.253. The third-order valence-corrected chi connectivity index (χ3v) is 2.77. The lowest BCUT2D eigenvalue weighted by atomic mass is 9.98. The fraction of sp³-hybridized carbons (Fsp3) is 0.417. The van der Waals surface area contributed by atoms with E-state index in [1.807, 2.05) is 0 Å². The lowest BCUT2D eigenvalue weighted by Crippen LogP contribution is -2.28. The first-order valence-corrected chi connectivity index (χ1v) is 5.39. The Bertz CT molecular complexity index is 390. The SMILES string of the molecule is O=C(O)C(CNC1CC1)c1ccccc1F. The molecule has 0 amide bonds. The van der Waals surface area contributed by atoms with E-state index in [9.17, 15) is 9.18 Å². The molecule has 0 radical (unpaired) electrons. The van der Waals surface area contributed by atoms with Crippen molar-refractivity contribution in [3.8, 4) is 0 Å². The highest BCUT2D eigenvalue weighted by molar-refractivity contribution is 5.76. The molecule has 0 heterocycles. The standard InChI is InChI=1S/C12H14FNO2/c13-11-4-2-1-3-9(11)10(12(15)16)7-14-8-5-6-8/h1-4,8,10,14H,5-7H2,(H,15,16). The van der Waals surface area contributed by atoms with Crippen LogP contribution in [0.25, 0.3) is 0 Å². The molecule has 1 aliphatic rings. The molecule has 0 aliphatic heterocycles. The number of carbonyl (C=O) groups is 1. The molecule has 1 atom stereocenters. The molecular formula is C12H14FNO2. The van der Waals surface area contributed by atoms with Gasteiger partial charge in [0.05, 0.1) is 5.92 Å². The molecule has 4 heteroatoms. The first-order chi connectivity index (χ1) is 7.68. The van der Waals surface area contributed by atoms with E-state index in [-0.39, 0.29) is 5.56 Å². The lowest BCUT2D eigenvalue weighted by Gasteiger charge is -2.14. The van der Waals surface area contributed by atoms with Gasteiger partial charge in [-0.05, 0) is 18.9 Å². The lowest BCUT2D eigenvalue weighted by molar-refractivity contribution is -0.138. The van der Waals surface area contributed by atoms with Crippen molar-refractivity contribution < 1.29 is 14.3 Å². The molecule has 1 unspecified atom stereocenters. The van der Waals surface area contributed by atoms with Gasteiger partial charge in [0.15, 0.2) is 0 Å². The minimum atomic E-state index is -0.988. The highest BCUT2D eigenvalue weighted by Crippen LogP contribution is 2.23. The number of aliphatic carboxylic acids is 1. The van der Waals surface area contributed by atoms with Crippen molar-refractivity contribution in [3.63, 3.8) is 0 Å². The number of benzene rings is 1. The minimum Gasteiger partial charge on any atom is -0.481 e. The van der Waals surface area contributed by atoms with E-state index in [4.69, 9.17) is 5.11 Å². The van der Waals surface area contributed by atoms with Crippen molar-refractivity contribution >= 4 is 5.97 Å². The first-order valence-electron chi connectivity index (χ1n) is 5.39. The van der Waals surface area contributed by atoms with Crippen molar-refractivity contribution in [2.24, 2.45) is 0 Å². The first kappa shape index (κ1) is 11.1. The molecule has 1 aliphatic carbocycles. The maximum absolute atomic E-state index is 13.4. The van der Waals surface area contributed by atoms with Gasteiger partial charge in [0, 0.05) is 18.2 Å². The summed E-state index contributed by atoms with van der Waals surface area (Å²) in [4.78, 5) is 11.1. The molecule has 0 saturated heterocycles. The topological polar surface area (TPSA) is 49.3 Å². The van der Waals surface area contributed by atoms with Crippen molar-refractivity contribution in [2.75, 3.05) is 6.54 Å². The molecule has 1 aromatic rings. The molecule has 0 aromatic heterocycles. The smallest absolute Gasteiger partial charge is 0.312 e. The van der Waals surface area contributed by atoms with Crippen LogP contribution in [0.5, 0.6) is 0 Å². The maximum atomic E-state index is 13.4. The number of hydrogen-bond acceptors (Lipinski definition) is 2. The van der Waals surface area contributed by atoms with E-state index < -0.39 is 17.7 Å². The van der Waals surface area contributed by atoms with Crippen molar-refractivity contribution in [2.45, 2.75) is 24.8 Å². The largest absolute Gasteiger partial charge is 0.481 e. The van der Waals surface area contributed by atoms with Crippen molar-refractivity contribution in [1.82, 2.24) is 5.32 Å². The summed E-state index contributed by atoms with van der Waals surface area (Å²) in [6.07, 6.45) is 2.17. The summed E-state index contributed by atoms with van der Waals surface area (Å²) in [5.74, 6) is -2.24. The van der Waals surface area contributed by atoms with Gasteiger partial charge in [0.2, 0.25) is 0 Å². The van der Waals surface area contributed by atoms with Crippen LogP contribution >= 0.6 is 0 Å². The Balaban J connectivity index is 2.11. The average molecular weight is 223 g/mol. The van der Waals surface area contributed by atoms with Crippen LogP contribution in [0.3, 0.4) is 0 Å². The van der Waals surface area contributed by atoms with Gasteiger partial charge in [-0.25, -0.2) is 4.39 Å². The molecule has 1 aromatic carbocycles. The second-order valence-electron chi connectivity index (χ2n) is 4.09. The highest BCUT2D eigenvalue weighted by Gasteiger charge is 2.27. The van der Waals surface area contributed by atoms with E-state index in [0.717, 1.165) is 12.8 Å². The molecule has 1 fully saturated rings. The summed E-state index contributed by atoms with van der Waals surface area (Å²) >= 11 is 0. The molecule has 2 N–H and O–H groups in total. The van der Waals surface area contributed by atoms with E-state index >= 15 is 0 Å². The number of carboxylic acids is 1. The third-order valence-electron chi connectivity index (χ3n) is 2.77. The number of nitrogens with one attached hydrogen (secondary N) is 1. The Morgan fingerprint density at radius 3 is 2.75 bits per heavy atom. The number of rotatable bonds is 5.